The third-order valence-corrected chi connectivity index (χ3v) is 5.03. The minimum atomic E-state index is -0.329. The van der Waals surface area contributed by atoms with Crippen LogP contribution >= 0.6 is 11.8 Å². The highest BCUT2D eigenvalue weighted by atomic mass is 32.2. The van der Waals surface area contributed by atoms with E-state index in [0.717, 1.165) is 16.7 Å². The second-order valence-electron chi connectivity index (χ2n) is 5.93. The molecule has 0 saturated heterocycles. The summed E-state index contributed by atoms with van der Waals surface area (Å²) in [5.74, 6) is -0.282. The number of carbonyl (C=O) groups is 2. The summed E-state index contributed by atoms with van der Waals surface area (Å²) >= 11 is 1.22. The molecule has 25 heavy (non-hydrogen) atoms. The average Bonchev–Trinajstić information content (AvgIpc) is 2.84. The van der Waals surface area contributed by atoms with Gasteiger partial charge in [-0.05, 0) is 37.1 Å². The van der Waals surface area contributed by atoms with Crippen molar-refractivity contribution in [2.75, 3.05) is 17.3 Å². The highest BCUT2D eigenvalue weighted by Crippen LogP contribution is 2.38. The fraction of sp³-hybridized carbons (Fsp3) is 0.200. The molecule has 0 saturated carbocycles. The Kier molecular flexibility index (Phi) is 5.06. The largest absolute Gasteiger partial charge is 0.396 e. The lowest BCUT2D eigenvalue weighted by Crippen LogP contribution is -2.31. The van der Waals surface area contributed by atoms with Gasteiger partial charge >= 0.3 is 0 Å². The second-order valence-corrected chi connectivity index (χ2v) is 7.03. The van der Waals surface area contributed by atoms with Crippen molar-refractivity contribution in [2.24, 2.45) is 0 Å². The minimum Gasteiger partial charge on any atom is -0.396 e. The highest BCUT2D eigenvalue weighted by molar-refractivity contribution is 8.04. The van der Waals surface area contributed by atoms with Gasteiger partial charge in [0.05, 0.1) is 22.8 Å². The van der Waals surface area contributed by atoms with Gasteiger partial charge in [0.15, 0.2) is 0 Å². The van der Waals surface area contributed by atoms with Crippen LogP contribution in [0, 0.1) is 13.8 Å². The summed E-state index contributed by atoms with van der Waals surface area (Å²) in [6.45, 7) is 3.84. The molecule has 4 nitrogen and oxygen atoms in total. The zero-order valence-electron chi connectivity index (χ0n) is 14.2. The Labute approximate surface area is 151 Å². The fourth-order valence-electron chi connectivity index (χ4n) is 2.77. The van der Waals surface area contributed by atoms with E-state index >= 15 is 0 Å². The molecule has 0 unspecified atom stereocenters. The molecule has 0 aliphatic carbocycles. The van der Waals surface area contributed by atoms with Crippen molar-refractivity contribution in [3.8, 4) is 0 Å². The van der Waals surface area contributed by atoms with Crippen molar-refractivity contribution >= 4 is 34.8 Å². The molecule has 1 heterocycles. The molecule has 0 aromatic heterocycles. The Balaban J connectivity index is 2.07. The van der Waals surface area contributed by atoms with Crippen molar-refractivity contribution in [2.45, 2.75) is 13.8 Å². The number of aliphatic hydroxyl groups is 1. The summed E-state index contributed by atoms with van der Waals surface area (Å²) in [7, 11) is 0. The molecule has 1 N–H and O–H groups in total. The molecule has 3 rings (SSSR count). The van der Waals surface area contributed by atoms with E-state index in [1.165, 1.54) is 16.7 Å². The molecule has 2 aromatic carbocycles. The lowest BCUT2D eigenvalue weighted by molar-refractivity contribution is -0.119. The quantitative estimate of drug-likeness (QED) is 0.838. The molecule has 0 bridgehead atoms. The number of benzene rings is 2. The van der Waals surface area contributed by atoms with E-state index in [-0.39, 0.29) is 18.4 Å². The standard InChI is InChI=1S/C20H19NO3S/c1-13-6-8-15(9-7-13)17-18(25-11-10-22)20(24)21(19(17)23)16-5-3-4-14(2)12-16/h3-9,12,22H,10-11H2,1-2H3. The summed E-state index contributed by atoms with van der Waals surface area (Å²) in [5, 5.41) is 9.14. The van der Waals surface area contributed by atoms with E-state index in [2.05, 4.69) is 0 Å². The third kappa shape index (κ3) is 3.38. The molecule has 1 aliphatic rings. The first kappa shape index (κ1) is 17.5. The van der Waals surface area contributed by atoms with Crippen LogP contribution in [-0.4, -0.2) is 29.3 Å². The van der Waals surface area contributed by atoms with Crippen LogP contribution in [0.15, 0.2) is 53.4 Å². The summed E-state index contributed by atoms with van der Waals surface area (Å²) in [6, 6.07) is 14.9. The molecule has 2 aromatic rings. The van der Waals surface area contributed by atoms with Gasteiger partial charge in [-0.2, -0.15) is 0 Å². The summed E-state index contributed by atoms with van der Waals surface area (Å²) in [6.07, 6.45) is 0. The lowest BCUT2D eigenvalue weighted by Gasteiger charge is -2.15. The highest BCUT2D eigenvalue weighted by Gasteiger charge is 2.40. The third-order valence-electron chi connectivity index (χ3n) is 3.98. The maximum absolute atomic E-state index is 13.1. The molecule has 0 spiro atoms. The van der Waals surface area contributed by atoms with E-state index in [1.54, 1.807) is 6.07 Å². The van der Waals surface area contributed by atoms with Gasteiger partial charge in [-0.15, -0.1) is 11.8 Å². The fourth-order valence-corrected chi connectivity index (χ4v) is 3.63. The second kappa shape index (κ2) is 7.25. The van der Waals surface area contributed by atoms with Gasteiger partial charge in [-0.25, -0.2) is 4.90 Å². The van der Waals surface area contributed by atoms with Crippen molar-refractivity contribution in [3.05, 3.63) is 70.1 Å². The molecule has 0 fully saturated rings. The SMILES string of the molecule is Cc1ccc(C2=C(SCCO)C(=O)N(c3cccc(C)c3)C2=O)cc1. The molecular formula is C20H19NO3S. The predicted octanol–water partition coefficient (Wildman–Crippen LogP) is 3.31. The van der Waals surface area contributed by atoms with Gasteiger partial charge < -0.3 is 5.11 Å². The van der Waals surface area contributed by atoms with Gasteiger partial charge in [0.25, 0.3) is 11.8 Å². The maximum Gasteiger partial charge on any atom is 0.272 e. The summed E-state index contributed by atoms with van der Waals surface area (Å²) < 4.78 is 0. The van der Waals surface area contributed by atoms with Gasteiger partial charge in [0.2, 0.25) is 0 Å². The van der Waals surface area contributed by atoms with Gasteiger partial charge in [-0.1, -0.05) is 42.0 Å². The number of rotatable bonds is 5. The van der Waals surface area contributed by atoms with E-state index in [4.69, 9.17) is 5.11 Å². The Morgan fingerprint density at radius 2 is 1.68 bits per heavy atom. The Morgan fingerprint density at radius 3 is 2.32 bits per heavy atom. The number of hydrogen-bond donors (Lipinski definition) is 1. The van der Waals surface area contributed by atoms with Crippen molar-refractivity contribution in [3.63, 3.8) is 0 Å². The summed E-state index contributed by atoms with van der Waals surface area (Å²) in [4.78, 5) is 27.6. The number of hydrogen-bond acceptors (Lipinski definition) is 4. The molecule has 2 amide bonds. The molecule has 0 radical (unpaired) electrons. The topological polar surface area (TPSA) is 57.6 Å². The summed E-state index contributed by atoms with van der Waals surface area (Å²) in [5.41, 5.74) is 3.76. The first-order valence-corrected chi connectivity index (χ1v) is 9.02. The minimum absolute atomic E-state index is 0.0543. The number of aryl methyl sites for hydroxylation is 2. The molecule has 5 heteroatoms. The van der Waals surface area contributed by atoms with Gasteiger partial charge in [0.1, 0.15) is 0 Å². The predicted molar refractivity (Wildman–Crippen MR) is 101 cm³/mol. The maximum atomic E-state index is 13.1. The van der Waals surface area contributed by atoms with E-state index in [9.17, 15) is 9.59 Å². The van der Waals surface area contributed by atoms with Gasteiger partial charge in [0, 0.05) is 5.75 Å². The zero-order chi connectivity index (χ0) is 18.0. The van der Waals surface area contributed by atoms with Crippen molar-refractivity contribution < 1.29 is 14.7 Å². The van der Waals surface area contributed by atoms with E-state index in [1.807, 2.05) is 56.3 Å². The Morgan fingerprint density at radius 1 is 0.960 bits per heavy atom. The average molecular weight is 353 g/mol. The van der Waals surface area contributed by atoms with Crippen LogP contribution in [-0.2, 0) is 9.59 Å². The number of anilines is 1. The Hall–Kier alpha value is -2.37. The first-order valence-electron chi connectivity index (χ1n) is 8.03. The normalized spacial score (nSPS) is 14.6. The number of thioether (sulfide) groups is 1. The lowest BCUT2D eigenvalue weighted by atomic mass is 10.0. The molecule has 1 aliphatic heterocycles. The smallest absolute Gasteiger partial charge is 0.272 e. The number of imide groups is 1. The number of aliphatic hydroxyl groups excluding tert-OH is 1. The van der Waals surface area contributed by atoms with Gasteiger partial charge in [-0.3, -0.25) is 9.59 Å². The number of carbonyl (C=O) groups excluding carboxylic acids is 2. The van der Waals surface area contributed by atoms with Crippen LogP contribution in [0.5, 0.6) is 0 Å². The molecule has 0 atom stereocenters. The monoisotopic (exact) mass is 353 g/mol. The molecular weight excluding hydrogens is 334 g/mol. The molecule has 128 valence electrons. The van der Waals surface area contributed by atoms with Crippen molar-refractivity contribution in [1.82, 2.24) is 0 Å². The number of amides is 2. The van der Waals surface area contributed by atoms with Crippen LogP contribution in [0.1, 0.15) is 16.7 Å². The van der Waals surface area contributed by atoms with Crippen LogP contribution in [0.4, 0.5) is 5.69 Å². The Bertz CT molecular complexity index is 855. The van der Waals surface area contributed by atoms with Crippen LogP contribution in [0.25, 0.3) is 5.57 Å². The van der Waals surface area contributed by atoms with Crippen LogP contribution in [0.2, 0.25) is 0 Å². The zero-order valence-corrected chi connectivity index (χ0v) is 15.0. The first-order chi connectivity index (χ1) is 12.0. The van der Waals surface area contributed by atoms with Crippen molar-refractivity contribution in [1.29, 1.82) is 0 Å². The van der Waals surface area contributed by atoms with Crippen LogP contribution in [0.3, 0.4) is 0 Å². The van der Waals surface area contributed by atoms with E-state index < -0.39 is 0 Å². The number of nitrogens with zero attached hydrogens (tertiary/aromatic N) is 1. The van der Waals surface area contributed by atoms with E-state index in [0.29, 0.717) is 21.9 Å². The van der Waals surface area contributed by atoms with Crippen LogP contribution < -0.4 is 4.90 Å².